The molecule has 1 amide bonds. The first kappa shape index (κ1) is 11.5. The second kappa shape index (κ2) is 4.31. The fraction of sp³-hybridized carbons (Fsp3) is 0.364. The lowest BCUT2D eigenvalue weighted by Crippen LogP contribution is -2.41. The molecule has 0 saturated heterocycles. The highest BCUT2D eigenvalue weighted by Gasteiger charge is 2.29. The van der Waals surface area contributed by atoms with Gasteiger partial charge in [-0.3, -0.25) is 0 Å². The third kappa shape index (κ3) is 3.25. The summed E-state index contributed by atoms with van der Waals surface area (Å²) in [5.74, 6) is 0. The summed E-state index contributed by atoms with van der Waals surface area (Å²) in [5.41, 5.74) is -0.396. The van der Waals surface area contributed by atoms with Gasteiger partial charge in [-0.15, -0.1) is 0 Å². The number of hydrogen-bond acceptors (Lipinski definition) is 2. The van der Waals surface area contributed by atoms with Crippen LogP contribution in [0.1, 0.15) is 25.5 Å². The molecule has 3 N–H and O–H groups in total. The molecule has 1 aromatic carbocycles. The van der Waals surface area contributed by atoms with E-state index in [1.54, 1.807) is 38.1 Å². The molecule has 0 radical (unpaired) electrons. The van der Waals surface area contributed by atoms with Crippen molar-refractivity contribution in [3.8, 4) is 0 Å². The maximum Gasteiger partial charge on any atom is 0.405 e. The first-order valence-electron chi connectivity index (χ1n) is 4.68. The van der Waals surface area contributed by atoms with E-state index >= 15 is 0 Å². The van der Waals surface area contributed by atoms with Gasteiger partial charge in [0.25, 0.3) is 0 Å². The van der Waals surface area contributed by atoms with Crippen molar-refractivity contribution in [1.29, 1.82) is 0 Å². The van der Waals surface area contributed by atoms with Gasteiger partial charge in [0.1, 0.15) is 0 Å². The van der Waals surface area contributed by atoms with Crippen LogP contribution in [0.25, 0.3) is 0 Å². The number of carbonyl (C=O) groups is 1. The smallest absolute Gasteiger partial charge is 0.405 e. The summed E-state index contributed by atoms with van der Waals surface area (Å²) in [6, 6.07) is 8.37. The molecule has 0 spiro atoms. The van der Waals surface area contributed by atoms with Crippen LogP contribution in [0.5, 0.6) is 0 Å². The molecule has 82 valence electrons. The first-order chi connectivity index (χ1) is 6.91. The molecule has 0 saturated carbocycles. The van der Waals surface area contributed by atoms with E-state index in [0.717, 1.165) is 5.56 Å². The molecule has 0 aliphatic carbocycles. The van der Waals surface area contributed by atoms with Gasteiger partial charge >= 0.3 is 6.09 Å². The SMILES string of the molecule is CC(C)(O)[C@H](NC(=O)O)c1ccccc1. The van der Waals surface area contributed by atoms with Crippen LogP contribution in [0.3, 0.4) is 0 Å². The number of carboxylic acid groups (broad SMARTS) is 1. The van der Waals surface area contributed by atoms with Crippen molar-refractivity contribution in [2.45, 2.75) is 25.5 Å². The highest BCUT2D eigenvalue weighted by molar-refractivity contribution is 5.65. The molecular formula is C11H15NO3. The molecular weight excluding hydrogens is 194 g/mol. The number of nitrogens with one attached hydrogen (secondary N) is 1. The molecule has 0 fully saturated rings. The Balaban J connectivity index is 2.97. The average Bonchev–Trinajstić information content (AvgIpc) is 2.14. The molecule has 0 unspecified atom stereocenters. The van der Waals surface area contributed by atoms with Crippen LogP contribution < -0.4 is 5.32 Å². The third-order valence-electron chi connectivity index (χ3n) is 2.11. The minimum atomic E-state index is -1.15. The zero-order chi connectivity index (χ0) is 11.5. The highest BCUT2D eigenvalue weighted by atomic mass is 16.4. The molecule has 1 aromatic rings. The molecule has 0 bridgehead atoms. The van der Waals surface area contributed by atoms with Crippen molar-refractivity contribution >= 4 is 6.09 Å². The first-order valence-corrected chi connectivity index (χ1v) is 4.68. The number of amides is 1. The van der Waals surface area contributed by atoms with Gasteiger partial charge in [0.2, 0.25) is 0 Å². The molecule has 1 rings (SSSR count). The normalized spacial score (nSPS) is 13.3. The number of benzene rings is 1. The van der Waals surface area contributed by atoms with Gasteiger partial charge in [0.05, 0.1) is 11.6 Å². The summed E-state index contributed by atoms with van der Waals surface area (Å²) in [7, 11) is 0. The van der Waals surface area contributed by atoms with Gasteiger partial charge in [-0.1, -0.05) is 30.3 Å². The number of rotatable bonds is 3. The largest absolute Gasteiger partial charge is 0.465 e. The molecule has 1 atom stereocenters. The van der Waals surface area contributed by atoms with Crippen LogP contribution in [-0.2, 0) is 0 Å². The summed E-state index contributed by atoms with van der Waals surface area (Å²) in [6.45, 7) is 3.14. The molecule has 4 nitrogen and oxygen atoms in total. The molecule has 15 heavy (non-hydrogen) atoms. The van der Waals surface area contributed by atoms with Gasteiger partial charge < -0.3 is 15.5 Å². The lowest BCUT2D eigenvalue weighted by Gasteiger charge is -2.29. The maximum absolute atomic E-state index is 10.6. The Kier molecular flexibility index (Phi) is 3.31. The molecule has 4 heteroatoms. The number of aliphatic hydroxyl groups is 1. The minimum absolute atomic E-state index is 0.629. The van der Waals surface area contributed by atoms with Crippen molar-refractivity contribution < 1.29 is 15.0 Å². The van der Waals surface area contributed by atoms with Crippen molar-refractivity contribution in [3.63, 3.8) is 0 Å². The summed E-state index contributed by atoms with van der Waals surface area (Å²) in [6.07, 6.45) is -1.15. The van der Waals surface area contributed by atoms with Gasteiger partial charge in [-0.2, -0.15) is 0 Å². The monoisotopic (exact) mass is 209 g/mol. The van der Waals surface area contributed by atoms with E-state index in [1.807, 2.05) is 6.07 Å². The van der Waals surface area contributed by atoms with Crippen LogP contribution in [0.4, 0.5) is 4.79 Å². The van der Waals surface area contributed by atoms with Crippen molar-refractivity contribution in [1.82, 2.24) is 5.32 Å². The Morgan fingerprint density at radius 1 is 1.33 bits per heavy atom. The molecule has 0 aromatic heterocycles. The van der Waals surface area contributed by atoms with Gasteiger partial charge in [0, 0.05) is 0 Å². The van der Waals surface area contributed by atoms with Crippen molar-refractivity contribution in [3.05, 3.63) is 35.9 Å². The van der Waals surface area contributed by atoms with Crippen LogP contribution in [0, 0.1) is 0 Å². The van der Waals surface area contributed by atoms with Gasteiger partial charge in [0.15, 0.2) is 0 Å². The Morgan fingerprint density at radius 2 is 1.87 bits per heavy atom. The van der Waals surface area contributed by atoms with Gasteiger partial charge in [-0.05, 0) is 19.4 Å². The standard InChI is InChI=1S/C11H15NO3/c1-11(2,15)9(12-10(13)14)8-6-4-3-5-7-8/h3-7,9,12,15H,1-2H3,(H,13,14)/t9-/m1/s1. The maximum atomic E-state index is 10.6. The lowest BCUT2D eigenvalue weighted by atomic mass is 9.92. The topological polar surface area (TPSA) is 69.6 Å². The zero-order valence-corrected chi connectivity index (χ0v) is 8.77. The minimum Gasteiger partial charge on any atom is -0.465 e. The van der Waals surface area contributed by atoms with E-state index in [9.17, 15) is 9.90 Å². The number of hydrogen-bond donors (Lipinski definition) is 3. The highest BCUT2D eigenvalue weighted by Crippen LogP contribution is 2.24. The van der Waals surface area contributed by atoms with E-state index < -0.39 is 17.7 Å². The zero-order valence-electron chi connectivity index (χ0n) is 8.77. The summed E-state index contributed by atoms with van der Waals surface area (Å²) in [4.78, 5) is 10.6. The predicted molar refractivity (Wildman–Crippen MR) is 56.6 cm³/mol. The van der Waals surface area contributed by atoms with Crippen molar-refractivity contribution in [2.75, 3.05) is 0 Å². The fourth-order valence-corrected chi connectivity index (χ4v) is 1.44. The third-order valence-corrected chi connectivity index (χ3v) is 2.11. The lowest BCUT2D eigenvalue weighted by molar-refractivity contribution is 0.0372. The van der Waals surface area contributed by atoms with Crippen LogP contribution in [-0.4, -0.2) is 21.9 Å². The van der Waals surface area contributed by atoms with Crippen LogP contribution in [0.15, 0.2) is 30.3 Å². The molecule has 0 heterocycles. The summed E-state index contributed by atoms with van der Waals surface area (Å²) < 4.78 is 0. The van der Waals surface area contributed by atoms with E-state index in [1.165, 1.54) is 0 Å². The Labute approximate surface area is 88.6 Å². The fourth-order valence-electron chi connectivity index (χ4n) is 1.44. The van der Waals surface area contributed by atoms with E-state index in [-0.39, 0.29) is 0 Å². The van der Waals surface area contributed by atoms with E-state index in [4.69, 9.17) is 5.11 Å². The second-order valence-electron chi connectivity index (χ2n) is 3.95. The molecule has 0 aliphatic heterocycles. The van der Waals surface area contributed by atoms with Crippen molar-refractivity contribution in [2.24, 2.45) is 0 Å². The second-order valence-corrected chi connectivity index (χ2v) is 3.95. The van der Waals surface area contributed by atoms with Gasteiger partial charge in [-0.25, -0.2) is 4.79 Å². The summed E-state index contributed by atoms with van der Waals surface area (Å²) in [5, 5.41) is 20.8. The summed E-state index contributed by atoms with van der Waals surface area (Å²) >= 11 is 0. The molecule has 0 aliphatic rings. The van der Waals surface area contributed by atoms with E-state index in [0.29, 0.717) is 0 Å². The Hall–Kier alpha value is -1.55. The Morgan fingerprint density at radius 3 is 2.27 bits per heavy atom. The Bertz CT molecular complexity index is 329. The average molecular weight is 209 g/mol. The van der Waals surface area contributed by atoms with Crippen LogP contribution in [0.2, 0.25) is 0 Å². The quantitative estimate of drug-likeness (QED) is 0.710. The van der Waals surface area contributed by atoms with Crippen LogP contribution >= 0.6 is 0 Å². The van der Waals surface area contributed by atoms with E-state index in [2.05, 4.69) is 5.32 Å². The predicted octanol–water partition coefficient (Wildman–Crippen LogP) is 1.77.